The minimum atomic E-state index is 0.750. The Morgan fingerprint density at radius 2 is 2.00 bits per heavy atom. The molecule has 0 unspecified atom stereocenters. The molecule has 0 radical (unpaired) electrons. The third kappa shape index (κ3) is 3.00. The third-order valence-electron chi connectivity index (χ3n) is 4.31. The van der Waals surface area contributed by atoms with E-state index in [2.05, 4.69) is 19.9 Å². The molecule has 2 aromatic heterocycles. The summed E-state index contributed by atoms with van der Waals surface area (Å²) in [4.78, 5) is 19.3. The van der Waals surface area contributed by atoms with Gasteiger partial charge in [-0.05, 0) is 31.2 Å². The van der Waals surface area contributed by atoms with E-state index in [9.17, 15) is 0 Å². The SMILES string of the molecule is Cc1cnc(CN2CCc3nc(-c4ccc(N)cc4)ncc3C2)[nH]1. The molecule has 0 atom stereocenters. The molecule has 1 aromatic carbocycles. The van der Waals surface area contributed by atoms with Crippen molar-refractivity contribution in [3.63, 3.8) is 0 Å². The molecule has 0 saturated carbocycles. The van der Waals surface area contributed by atoms with Crippen molar-refractivity contribution in [3.8, 4) is 11.4 Å². The Morgan fingerprint density at radius 3 is 2.75 bits per heavy atom. The van der Waals surface area contributed by atoms with Gasteiger partial charge in [0, 0.05) is 54.4 Å². The average molecular weight is 320 g/mol. The predicted molar refractivity (Wildman–Crippen MR) is 93.0 cm³/mol. The van der Waals surface area contributed by atoms with Gasteiger partial charge in [-0.2, -0.15) is 0 Å². The number of fused-ring (bicyclic) bond motifs is 1. The highest BCUT2D eigenvalue weighted by Gasteiger charge is 2.19. The van der Waals surface area contributed by atoms with Crippen LogP contribution in [0.2, 0.25) is 0 Å². The number of hydrogen-bond acceptors (Lipinski definition) is 5. The first kappa shape index (κ1) is 14.8. The average Bonchev–Trinajstić information content (AvgIpc) is 3.00. The van der Waals surface area contributed by atoms with E-state index in [-0.39, 0.29) is 0 Å². The molecule has 3 N–H and O–H groups in total. The van der Waals surface area contributed by atoms with Gasteiger partial charge >= 0.3 is 0 Å². The first-order valence-electron chi connectivity index (χ1n) is 8.11. The second-order valence-corrected chi connectivity index (χ2v) is 6.26. The smallest absolute Gasteiger partial charge is 0.159 e. The number of aryl methyl sites for hydroxylation is 1. The van der Waals surface area contributed by atoms with Crippen LogP contribution in [0, 0.1) is 6.92 Å². The molecule has 3 aromatic rings. The lowest BCUT2D eigenvalue weighted by atomic mass is 10.1. The van der Waals surface area contributed by atoms with E-state index in [0.717, 1.165) is 60.3 Å². The van der Waals surface area contributed by atoms with Crippen LogP contribution in [0.3, 0.4) is 0 Å². The number of nitrogens with two attached hydrogens (primary N) is 1. The lowest BCUT2D eigenvalue weighted by Gasteiger charge is -2.27. The van der Waals surface area contributed by atoms with Gasteiger partial charge in [-0.15, -0.1) is 0 Å². The Morgan fingerprint density at radius 1 is 1.17 bits per heavy atom. The minimum absolute atomic E-state index is 0.750. The van der Waals surface area contributed by atoms with E-state index in [4.69, 9.17) is 10.7 Å². The first-order chi connectivity index (χ1) is 11.7. The largest absolute Gasteiger partial charge is 0.399 e. The highest BCUT2D eigenvalue weighted by molar-refractivity contribution is 5.58. The molecule has 122 valence electrons. The maximum absolute atomic E-state index is 5.74. The highest BCUT2D eigenvalue weighted by Crippen LogP contribution is 2.22. The fraction of sp³-hybridized carbons (Fsp3) is 0.278. The Balaban J connectivity index is 1.52. The molecule has 6 heteroatoms. The normalized spacial score (nSPS) is 14.5. The molecule has 0 bridgehead atoms. The highest BCUT2D eigenvalue weighted by atomic mass is 15.2. The summed E-state index contributed by atoms with van der Waals surface area (Å²) in [6.07, 6.45) is 4.75. The molecule has 0 amide bonds. The number of nitrogens with zero attached hydrogens (tertiary/aromatic N) is 4. The number of imidazole rings is 1. The van der Waals surface area contributed by atoms with Crippen LogP contribution in [0.15, 0.2) is 36.7 Å². The van der Waals surface area contributed by atoms with Gasteiger partial charge in [0.15, 0.2) is 5.82 Å². The van der Waals surface area contributed by atoms with Gasteiger partial charge in [-0.25, -0.2) is 15.0 Å². The fourth-order valence-corrected chi connectivity index (χ4v) is 3.04. The molecule has 0 aliphatic carbocycles. The Kier molecular flexibility index (Phi) is 3.74. The first-order valence-corrected chi connectivity index (χ1v) is 8.11. The van der Waals surface area contributed by atoms with Crippen molar-refractivity contribution in [1.29, 1.82) is 0 Å². The number of rotatable bonds is 3. The molecule has 24 heavy (non-hydrogen) atoms. The molecule has 0 saturated heterocycles. The summed E-state index contributed by atoms with van der Waals surface area (Å²) in [5.74, 6) is 1.78. The third-order valence-corrected chi connectivity index (χ3v) is 4.31. The van der Waals surface area contributed by atoms with Gasteiger partial charge in [0.05, 0.1) is 12.2 Å². The summed E-state index contributed by atoms with van der Waals surface area (Å²) in [6.45, 7) is 4.68. The zero-order valence-electron chi connectivity index (χ0n) is 13.7. The summed E-state index contributed by atoms with van der Waals surface area (Å²) in [5, 5.41) is 0. The van der Waals surface area contributed by atoms with Crippen LogP contribution < -0.4 is 5.73 Å². The molecule has 4 rings (SSSR count). The molecule has 1 aliphatic rings. The number of aromatic nitrogens is 4. The molecule has 0 spiro atoms. The number of H-pyrrole nitrogens is 1. The zero-order chi connectivity index (χ0) is 16.5. The van der Waals surface area contributed by atoms with Crippen molar-refractivity contribution in [2.45, 2.75) is 26.4 Å². The monoisotopic (exact) mass is 320 g/mol. The summed E-state index contributed by atoms with van der Waals surface area (Å²) in [6, 6.07) is 7.69. The second kappa shape index (κ2) is 6.05. The van der Waals surface area contributed by atoms with E-state index in [1.807, 2.05) is 43.6 Å². The molecule has 1 aliphatic heterocycles. The van der Waals surface area contributed by atoms with Crippen LogP contribution in [0.25, 0.3) is 11.4 Å². The van der Waals surface area contributed by atoms with Crippen molar-refractivity contribution in [1.82, 2.24) is 24.8 Å². The van der Waals surface area contributed by atoms with Gasteiger partial charge in [-0.1, -0.05) is 0 Å². The minimum Gasteiger partial charge on any atom is -0.399 e. The molecule has 0 fully saturated rings. The van der Waals surface area contributed by atoms with Crippen LogP contribution in [-0.2, 0) is 19.5 Å². The lowest BCUT2D eigenvalue weighted by Crippen LogP contribution is -2.31. The van der Waals surface area contributed by atoms with Gasteiger partial charge < -0.3 is 10.7 Å². The van der Waals surface area contributed by atoms with E-state index in [0.29, 0.717) is 0 Å². The van der Waals surface area contributed by atoms with E-state index < -0.39 is 0 Å². The maximum atomic E-state index is 5.74. The Hall–Kier alpha value is -2.73. The van der Waals surface area contributed by atoms with Crippen molar-refractivity contribution in [2.75, 3.05) is 12.3 Å². The van der Waals surface area contributed by atoms with Crippen LogP contribution in [0.1, 0.15) is 22.8 Å². The van der Waals surface area contributed by atoms with E-state index in [1.165, 1.54) is 5.56 Å². The van der Waals surface area contributed by atoms with Crippen molar-refractivity contribution >= 4 is 5.69 Å². The van der Waals surface area contributed by atoms with Gasteiger partial charge in [-0.3, -0.25) is 4.90 Å². The van der Waals surface area contributed by atoms with Crippen molar-refractivity contribution < 1.29 is 0 Å². The standard InChI is InChI=1S/C18H20N6/c1-12-8-20-17(22-12)11-24-7-6-16-14(10-24)9-21-18(23-16)13-2-4-15(19)5-3-13/h2-5,8-9H,6-7,10-11,19H2,1H3,(H,20,22). The van der Waals surface area contributed by atoms with Crippen molar-refractivity contribution in [2.24, 2.45) is 0 Å². The van der Waals surface area contributed by atoms with Gasteiger partial charge in [0.25, 0.3) is 0 Å². The van der Waals surface area contributed by atoms with Crippen LogP contribution >= 0.6 is 0 Å². The number of aromatic amines is 1. The van der Waals surface area contributed by atoms with Crippen LogP contribution in [-0.4, -0.2) is 31.4 Å². The fourth-order valence-electron chi connectivity index (χ4n) is 3.04. The molecular formula is C18H20N6. The summed E-state index contributed by atoms with van der Waals surface area (Å²) in [5.41, 5.74) is 10.9. The molecular weight excluding hydrogens is 300 g/mol. The van der Waals surface area contributed by atoms with Crippen molar-refractivity contribution in [3.05, 3.63) is 59.4 Å². The summed E-state index contributed by atoms with van der Waals surface area (Å²) < 4.78 is 0. The van der Waals surface area contributed by atoms with Gasteiger partial charge in [0.2, 0.25) is 0 Å². The van der Waals surface area contributed by atoms with Crippen LogP contribution in [0.5, 0.6) is 0 Å². The summed E-state index contributed by atoms with van der Waals surface area (Å²) >= 11 is 0. The van der Waals surface area contributed by atoms with E-state index in [1.54, 1.807) is 0 Å². The maximum Gasteiger partial charge on any atom is 0.159 e. The van der Waals surface area contributed by atoms with Crippen LogP contribution in [0.4, 0.5) is 5.69 Å². The number of anilines is 1. The van der Waals surface area contributed by atoms with Gasteiger partial charge in [0.1, 0.15) is 5.82 Å². The number of nitrogen functional groups attached to an aromatic ring is 1. The topological polar surface area (TPSA) is 83.7 Å². The Labute approximate surface area is 140 Å². The summed E-state index contributed by atoms with van der Waals surface area (Å²) in [7, 11) is 0. The number of nitrogens with one attached hydrogen (secondary N) is 1. The molecule has 6 nitrogen and oxygen atoms in total. The zero-order valence-corrected chi connectivity index (χ0v) is 13.7. The number of benzene rings is 1. The number of hydrogen-bond donors (Lipinski definition) is 2. The quantitative estimate of drug-likeness (QED) is 0.724. The predicted octanol–water partition coefficient (Wildman–Crippen LogP) is 2.32. The Bertz CT molecular complexity index is 852. The second-order valence-electron chi connectivity index (χ2n) is 6.26. The lowest BCUT2D eigenvalue weighted by molar-refractivity contribution is 0.237. The molecule has 3 heterocycles. The van der Waals surface area contributed by atoms with E-state index >= 15 is 0 Å².